The highest BCUT2D eigenvalue weighted by atomic mass is 15.0. The summed E-state index contributed by atoms with van der Waals surface area (Å²) in [6.45, 7) is 10.8. The summed E-state index contributed by atoms with van der Waals surface area (Å²) in [6, 6.07) is 4.23. The minimum atomic E-state index is 0.735. The first-order valence-electron chi connectivity index (χ1n) is 5.68. The van der Waals surface area contributed by atoms with Crippen LogP contribution in [-0.4, -0.2) is 16.5 Å². The van der Waals surface area contributed by atoms with E-state index in [4.69, 9.17) is 0 Å². The second-order valence-corrected chi connectivity index (χ2v) is 4.49. The monoisotopic (exact) mass is 227 g/mol. The Bertz CT molecular complexity index is 573. The number of fused-ring (bicyclic) bond motifs is 1. The summed E-state index contributed by atoms with van der Waals surface area (Å²) < 4.78 is 0. The largest absolute Gasteiger partial charge is 0.366 e. The summed E-state index contributed by atoms with van der Waals surface area (Å²) in [5.41, 5.74) is 4.57. The molecule has 0 aliphatic heterocycles. The molecule has 2 aromatic rings. The van der Waals surface area contributed by atoms with E-state index < -0.39 is 0 Å². The molecule has 0 spiro atoms. The summed E-state index contributed by atoms with van der Waals surface area (Å²) in [5.74, 6) is 0.876. The highest BCUT2D eigenvalue weighted by Crippen LogP contribution is 2.22. The Balaban J connectivity index is 2.49. The van der Waals surface area contributed by atoms with E-state index >= 15 is 0 Å². The number of aryl methyl sites for hydroxylation is 2. The maximum Gasteiger partial charge on any atom is 0.137 e. The van der Waals surface area contributed by atoms with E-state index in [1.54, 1.807) is 6.33 Å². The normalized spacial score (nSPS) is 10.5. The van der Waals surface area contributed by atoms with Crippen LogP contribution >= 0.6 is 0 Å². The van der Waals surface area contributed by atoms with Crippen molar-refractivity contribution in [2.75, 3.05) is 11.9 Å². The number of rotatable bonds is 3. The Morgan fingerprint density at radius 2 is 1.94 bits per heavy atom. The van der Waals surface area contributed by atoms with Crippen LogP contribution in [0.3, 0.4) is 0 Å². The molecule has 0 saturated heterocycles. The zero-order valence-electron chi connectivity index (χ0n) is 10.5. The third kappa shape index (κ3) is 2.44. The minimum Gasteiger partial charge on any atom is -0.366 e. The molecule has 0 amide bonds. The molecule has 0 fully saturated rings. The lowest BCUT2D eigenvalue weighted by Gasteiger charge is -2.09. The standard InChI is InChI=1S/C14H17N3/c1-9(2)7-15-14-12-5-10(3)11(4)6-13(12)16-8-17-14/h5-6,8H,1,7H2,2-4H3,(H,15,16,17). The molecule has 1 aromatic carbocycles. The molecule has 0 aliphatic rings. The molecule has 3 heteroatoms. The van der Waals surface area contributed by atoms with Gasteiger partial charge >= 0.3 is 0 Å². The molecular weight excluding hydrogens is 210 g/mol. The van der Waals surface area contributed by atoms with Gasteiger partial charge in [0.1, 0.15) is 12.1 Å². The van der Waals surface area contributed by atoms with Crippen molar-refractivity contribution in [3.63, 3.8) is 0 Å². The Hall–Kier alpha value is -1.90. The van der Waals surface area contributed by atoms with Gasteiger partial charge in [0.05, 0.1) is 5.52 Å². The second kappa shape index (κ2) is 4.53. The van der Waals surface area contributed by atoms with Crippen LogP contribution in [0.25, 0.3) is 10.9 Å². The van der Waals surface area contributed by atoms with Crippen LogP contribution in [0, 0.1) is 13.8 Å². The van der Waals surface area contributed by atoms with E-state index in [0.29, 0.717) is 0 Å². The second-order valence-electron chi connectivity index (χ2n) is 4.49. The summed E-state index contributed by atoms with van der Waals surface area (Å²) in [6.07, 6.45) is 1.60. The Kier molecular flexibility index (Phi) is 3.09. The van der Waals surface area contributed by atoms with E-state index in [0.717, 1.165) is 28.8 Å². The highest BCUT2D eigenvalue weighted by Gasteiger charge is 2.05. The fraction of sp³-hybridized carbons (Fsp3) is 0.286. The van der Waals surface area contributed by atoms with E-state index in [9.17, 15) is 0 Å². The predicted molar refractivity (Wildman–Crippen MR) is 72.3 cm³/mol. The third-order valence-corrected chi connectivity index (χ3v) is 2.81. The SMILES string of the molecule is C=C(C)CNc1ncnc2cc(C)c(C)cc12. The zero-order chi connectivity index (χ0) is 12.4. The maximum atomic E-state index is 4.30. The van der Waals surface area contributed by atoms with Crippen LogP contribution in [0.2, 0.25) is 0 Å². The average Bonchev–Trinajstić information content (AvgIpc) is 2.28. The Labute approximate surface area is 102 Å². The van der Waals surface area contributed by atoms with Crippen LogP contribution in [-0.2, 0) is 0 Å². The number of hydrogen-bond donors (Lipinski definition) is 1. The van der Waals surface area contributed by atoms with E-state index in [1.807, 2.05) is 6.92 Å². The van der Waals surface area contributed by atoms with E-state index in [-0.39, 0.29) is 0 Å². The number of nitrogens with one attached hydrogen (secondary N) is 1. The number of benzene rings is 1. The molecule has 0 aliphatic carbocycles. The van der Waals surface area contributed by atoms with E-state index in [1.165, 1.54) is 11.1 Å². The molecule has 0 radical (unpaired) electrons. The van der Waals surface area contributed by atoms with Crippen molar-refractivity contribution < 1.29 is 0 Å². The van der Waals surface area contributed by atoms with Crippen LogP contribution in [0.1, 0.15) is 18.1 Å². The number of aromatic nitrogens is 2. The van der Waals surface area contributed by atoms with Gasteiger partial charge in [0, 0.05) is 11.9 Å². The van der Waals surface area contributed by atoms with Crippen molar-refractivity contribution in [3.05, 3.63) is 41.7 Å². The number of anilines is 1. The fourth-order valence-corrected chi connectivity index (χ4v) is 1.69. The molecule has 3 nitrogen and oxygen atoms in total. The fourth-order valence-electron chi connectivity index (χ4n) is 1.69. The first-order valence-corrected chi connectivity index (χ1v) is 5.68. The lowest BCUT2D eigenvalue weighted by atomic mass is 10.1. The van der Waals surface area contributed by atoms with Crippen LogP contribution in [0.4, 0.5) is 5.82 Å². The zero-order valence-corrected chi connectivity index (χ0v) is 10.5. The van der Waals surface area contributed by atoms with Gasteiger partial charge in [0.2, 0.25) is 0 Å². The van der Waals surface area contributed by atoms with E-state index in [2.05, 4.69) is 47.8 Å². The topological polar surface area (TPSA) is 37.8 Å². The van der Waals surface area contributed by atoms with Crippen molar-refractivity contribution >= 4 is 16.7 Å². The number of nitrogens with zero attached hydrogens (tertiary/aromatic N) is 2. The summed E-state index contributed by atoms with van der Waals surface area (Å²) in [7, 11) is 0. The summed E-state index contributed by atoms with van der Waals surface area (Å²) >= 11 is 0. The predicted octanol–water partition coefficient (Wildman–Crippen LogP) is 3.23. The Morgan fingerprint density at radius 3 is 2.65 bits per heavy atom. The first kappa shape index (κ1) is 11.6. The van der Waals surface area contributed by atoms with Crippen molar-refractivity contribution in [1.82, 2.24) is 9.97 Å². The lowest BCUT2D eigenvalue weighted by Crippen LogP contribution is -2.05. The summed E-state index contributed by atoms with van der Waals surface area (Å²) in [5, 5.41) is 4.35. The quantitative estimate of drug-likeness (QED) is 0.818. The molecule has 0 atom stereocenters. The first-order chi connectivity index (χ1) is 8.08. The van der Waals surface area contributed by atoms with Crippen molar-refractivity contribution in [2.45, 2.75) is 20.8 Å². The number of hydrogen-bond acceptors (Lipinski definition) is 3. The van der Waals surface area contributed by atoms with Gasteiger partial charge in [-0.25, -0.2) is 9.97 Å². The minimum absolute atomic E-state index is 0.735. The highest BCUT2D eigenvalue weighted by molar-refractivity contribution is 5.90. The average molecular weight is 227 g/mol. The van der Waals surface area contributed by atoms with Crippen LogP contribution in [0.15, 0.2) is 30.6 Å². The van der Waals surface area contributed by atoms with Gasteiger partial charge in [-0.3, -0.25) is 0 Å². The smallest absolute Gasteiger partial charge is 0.137 e. The van der Waals surface area contributed by atoms with Crippen molar-refractivity contribution in [3.8, 4) is 0 Å². The lowest BCUT2D eigenvalue weighted by molar-refractivity contribution is 1.14. The van der Waals surface area contributed by atoms with Crippen LogP contribution in [0.5, 0.6) is 0 Å². The maximum absolute atomic E-state index is 4.30. The molecule has 2 rings (SSSR count). The molecule has 1 aromatic heterocycles. The van der Waals surface area contributed by atoms with Gasteiger partial charge < -0.3 is 5.32 Å². The van der Waals surface area contributed by atoms with Gasteiger partial charge in [0.15, 0.2) is 0 Å². The molecular formula is C14H17N3. The molecule has 0 saturated carbocycles. The molecule has 17 heavy (non-hydrogen) atoms. The molecule has 88 valence electrons. The van der Waals surface area contributed by atoms with Crippen LogP contribution < -0.4 is 5.32 Å². The third-order valence-electron chi connectivity index (χ3n) is 2.81. The van der Waals surface area contributed by atoms with Gasteiger partial charge in [-0.1, -0.05) is 12.2 Å². The summed E-state index contributed by atoms with van der Waals surface area (Å²) in [4.78, 5) is 8.58. The van der Waals surface area contributed by atoms with Crippen molar-refractivity contribution in [1.29, 1.82) is 0 Å². The Morgan fingerprint density at radius 1 is 1.24 bits per heavy atom. The van der Waals surface area contributed by atoms with Gasteiger partial charge in [-0.2, -0.15) is 0 Å². The molecule has 0 bridgehead atoms. The van der Waals surface area contributed by atoms with Gasteiger partial charge in [0.25, 0.3) is 0 Å². The molecule has 0 unspecified atom stereocenters. The molecule has 1 heterocycles. The molecule has 1 N–H and O–H groups in total. The van der Waals surface area contributed by atoms with Gasteiger partial charge in [-0.05, 0) is 44.0 Å². The van der Waals surface area contributed by atoms with Gasteiger partial charge in [-0.15, -0.1) is 0 Å². The van der Waals surface area contributed by atoms with Crippen molar-refractivity contribution in [2.24, 2.45) is 0 Å².